The minimum absolute atomic E-state index is 0.108. The molecule has 1 saturated heterocycles. The molecule has 0 unspecified atom stereocenters. The van der Waals surface area contributed by atoms with Crippen molar-refractivity contribution in [2.45, 2.75) is 58.8 Å². The summed E-state index contributed by atoms with van der Waals surface area (Å²) in [5, 5.41) is 3.85. The third-order valence-electron chi connectivity index (χ3n) is 6.32. The van der Waals surface area contributed by atoms with E-state index in [0.29, 0.717) is 11.5 Å². The molecule has 1 fully saturated rings. The number of fused-ring (bicyclic) bond motifs is 1. The number of thiophene rings is 1. The number of amides is 2. The first-order chi connectivity index (χ1) is 14.0. The van der Waals surface area contributed by atoms with Crippen LogP contribution in [0.3, 0.4) is 0 Å². The van der Waals surface area contributed by atoms with Crippen LogP contribution in [-0.4, -0.2) is 29.8 Å². The number of hydrogen-bond acceptors (Lipinski definition) is 3. The standard InChI is InChI=1S/C24H30N2O2S/c1-16-12-14-26(15-13-16)24(28)21-19-10-4-3-5-11-20(19)29-23(21)25-22(27)18-9-7-6-8-17(18)2/h6-9,16H,3-5,10-15H2,1-2H3,(H,25,27). The Morgan fingerprint density at radius 1 is 1.07 bits per heavy atom. The number of anilines is 1. The van der Waals surface area contributed by atoms with Crippen LogP contribution in [0.1, 0.15) is 75.7 Å². The highest BCUT2D eigenvalue weighted by Gasteiger charge is 2.30. The molecule has 5 heteroatoms. The lowest BCUT2D eigenvalue weighted by Gasteiger charge is -2.30. The van der Waals surface area contributed by atoms with Crippen molar-refractivity contribution in [1.82, 2.24) is 4.90 Å². The molecule has 29 heavy (non-hydrogen) atoms. The SMILES string of the molecule is Cc1ccccc1C(=O)Nc1sc2c(c1C(=O)N1CCC(C)CC1)CCCCC2. The zero-order chi connectivity index (χ0) is 20.4. The second kappa shape index (κ2) is 8.70. The number of hydrogen-bond donors (Lipinski definition) is 1. The van der Waals surface area contributed by atoms with Gasteiger partial charge in [-0.1, -0.05) is 31.5 Å². The monoisotopic (exact) mass is 410 g/mol. The topological polar surface area (TPSA) is 49.4 Å². The normalized spacial score (nSPS) is 17.5. The van der Waals surface area contributed by atoms with Gasteiger partial charge in [0.2, 0.25) is 0 Å². The number of carbonyl (C=O) groups is 2. The summed E-state index contributed by atoms with van der Waals surface area (Å²) in [6.07, 6.45) is 7.56. The van der Waals surface area contributed by atoms with E-state index in [2.05, 4.69) is 12.2 Å². The highest BCUT2D eigenvalue weighted by atomic mass is 32.1. The lowest BCUT2D eigenvalue weighted by Crippen LogP contribution is -2.38. The van der Waals surface area contributed by atoms with E-state index in [1.807, 2.05) is 36.1 Å². The molecule has 2 aliphatic rings. The van der Waals surface area contributed by atoms with Crippen LogP contribution < -0.4 is 5.32 Å². The molecule has 0 radical (unpaired) electrons. The molecule has 2 heterocycles. The molecule has 154 valence electrons. The number of rotatable bonds is 3. The second-order valence-corrected chi connectivity index (χ2v) is 9.62. The molecule has 1 aromatic heterocycles. The molecule has 4 nitrogen and oxygen atoms in total. The van der Waals surface area contributed by atoms with Crippen LogP contribution in [0.2, 0.25) is 0 Å². The van der Waals surface area contributed by atoms with Gasteiger partial charge in [0.25, 0.3) is 11.8 Å². The van der Waals surface area contributed by atoms with E-state index in [1.165, 1.54) is 16.9 Å². The van der Waals surface area contributed by atoms with Gasteiger partial charge < -0.3 is 10.2 Å². The lowest BCUT2D eigenvalue weighted by atomic mass is 9.97. The molecule has 2 amide bonds. The molecule has 0 saturated carbocycles. The molecule has 1 N–H and O–H groups in total. The molecule has 1 aromatic carbocycles. The summed E-state index contributed by atoms with van der Waals surface area (Å²) < 4.78 is 0. The van der Waals surface area contributed by atoms with E-state index in [0.717, 1.165) is 67.7 Å². The Morgan fingerprint density at radius 2 is 1.79 bits per heavy atom. The summed E-state index contributed by atoms with van der Waals surface area (Å²) in [6, 6.07) is 7.61. The van der Waals surface area contributed by atoms with Gasteiger partial charge in [-0.25, -0.2) is 0 Å². The predicted octanol–water partition coefficient (Wildman–Crippen LogP) is 5.45. The van der Waals surface area contributed by atoms with E-state index in [9.17, 15) is 9.59 Å². The summed E-state index contributed by atoms with van der Waals surface area (Å²) in [5.74, 6) is 0.663. The first-order valence-electron chi connectivity index (χ1n) is 10.9. The van der Waals surface area contributed by atoms with Crippen molar-refractivity contribution in [3.05, 3.63) is 51.4 Å². The maximum atomic E-state index is 13.5. The van der Waals surface area contributed by atoms with Gasteiger partial charge in [-0.3, -0.25) is 9.59 Å². The van der Waals surface area contributed by atoms with Gasteiger partial charge in [0.1, 0.15) is 5.00 Å². The first-order valence-corrected chi connectivity index (χ1v) is 11.7. The number of piperidine rings is 1. The summed E-state index contributed by atoms with van der Waals surface area (Å²) >= 11 is 1.62. The molecule has 0 bridgehead atoms. The molecule has 1 aliphatic carbocycles. The van der Waals surface area contributed by atoms with Crippen LogP contribution in [0.25, 0.3) is 0 Å². The third kappa shape index (κ3) is 4.25. The Labute approximate surface area is 177 Å². The quantitative estimate of drug-likeness (QED) is 0.684. The summed E-state index contributed by atoms with van der Waals surface area (Å²) in [4.78, 5) is 29.8. The Bertz CT molecular complexity index is 910. The van der Waals surface area contributed by atoms with Crippen LogP contribution in [0, 0.1) is 12.8 Å². The van der Waals surface area contributed by atoms with E-state index >= 15 is 0 Å². The fourth-order valence-corrected chi connectivity index (χ4v) is 5.70. The molecule has 4 rings (SSSR count). The first kappa shape index (κ1) is 20.1. The minimum atomic E-state index is -0.124. The van der Waals surface area contributed by atoms with Gasteiger partial charge in [-0.05, 0) is 68.6 Å². The summed E-state index contributed by atoms with van der Waals surface area (Å²) in [6.45, 7) is 5.83. The molecular weight excluding hydrogens is 380 g/mol. The van der Waals surface area contributed by atoms with Crippen LogP contribution in [0.4, 0.5) is 5.00 Å². The Kier molecular flexibility index (Phi) is 6.04. The van der Waals surface area contributed by atoms with Gasteiger partial charge in [-0.2, -0.15) is 0 Å². The van der Waals surface area contributed by atoms with Crippen LogP contribution in [0.15, 0.2) is 24.3 Å². The maximum Gasteiger partial charge on any atom is 0.257 e. The molecule has 0 spiro atoms. The molecule has 2 aromatic rings. The fourth-order valence-electron chi connectivity index (χ4n) is 4.42. The van der Waals surface area contributed by atoms with E-state index in [-0.39, 0.29) is 11.8 Å². The number of nitrogens with one attached hydrogen (secondary N) is 1. The summed E-state index contributed by atoms with van der Waals surface area (Å²) in [7, 11) is 0. The van der Waals surface area contributed by atoms with Gasteiger partial charge in [0.05, 0.1) is 5.56 Å². The third-order valence-corrected chi connectivity index (χ3v) is 7.53. The van der Waals surface area contributed by atoms with Crippen molar-refractivity contribution in [1.29, 1.82) is 0 Å². The molecule has 0 atom stereocenters. The van der Waals surface area contributed by atoms with Gasteiger partial charge in [-0.15, -0.1) is 11.3 Å². The molecular formula is C24H30N2O2S. The Morgan fingerprint density at radius 3 is 2.55 bits per heavy atom. The van der Waals surface area contributed by atoms with Crippen molar-refractivity contribution in [2.75, 3.05) is 18.4 Å². The van der Waals surface area contributed by atoms with Crippen LogP contribution in [-0.2, 0) is 12.8 Å². The van der Waals surface area contributed by atoms with E-state index in [1.54, 1.807) is 11.3 Å². The summed E-state index contributed by atoms with van der Waals surface area (Å²) in [5.41, 5.74) is 3.57. The van der Waals surface area contributed by atoms with Crippen molar-refractivity contribution >= 4 is 28.2 Å². The zero-order valence-electron chi connectivity index (χ0n) is 17.4. The predicted molar refractivity (Wildman–Crippen MR) is 119 cm³/mol. The van der Waals surface area contributed by atoms with E-state index in [4.69, 9.17) is 0 Å². The minimum Gasteiger partial charge on any atom is -0.339 e. The van der Waals surface area contributed by atoms with Crippen molar-refractivity contribution in [3.63, 3.8) is 0 Å². The lowest BCUT2D eigenvalue weighted by molar-refractivity contribution is 0.0697. The number of carbonyl (C=O) groups excluding carboxylic acids is 2. The van der Waals surface area contributed by atoms with Gasteiger partial charge >= 0.3 is 0 Å². The number of nitrogens with zero attached hydrogens (tertiary/aromatic N) is 1. The van der Waals surface area contributed by atoms with Gasteiger partial charge in [0, 0.05) is 23.5 Å². The highest BCUT2D eigenvalue weighted by Crippen LogP contribution is 2.39. The Balaban J connectivity index is 1.67. The average Bonchev–Trinajstić information content (AvgIpc) is 2.88. The van der Waals surface area contributed by atoms with Crippen LogP contribution in [0.5, 0.6) is 0 Å². The fraction of sp³-hybridized carbons (Fsp3) is 0.500. The van der Waals surface area contributed by atoms with Crippen molar-refractivity contribution in [2.24, 2.45) is 5.92 Å². The number of aryl methyl sites for hydroxylation is 2. The van der Waals surface area contributed by atoms with Crippen LogP contribution >= 0.6 is 11.3 Å². The largest absolute Gasteiger partial charge is 0.339 e. The number of benzene rings is 1. The smallest absolute Gasteiger partial charge is 0.257 e. The Hall–Kier alpha value is -2.14. The van der Waals surface area contributed by atoms with E-state index < -0.39 is 0 Å². The van der Waals surface area contributed by atoms with Crippen molar-refractivity contribution < 1.29 is 9.59 Å². The maximum absolute atomic E-state index is 13.5. The second-order valence-electron chi connectivity index (χ2n) is 8.51. The molecule has 1 aliphatic heterocycles. The van der Waals surface area contributed by atoms with Crippen molar-refractivity contribution in [3.8, 4) is 0 Å². The number of likely N-dealkylation sites (tertiary alicyclic amines) is 1. The van der Waals surface area contributed by atoms with Gasteiger partial charge in [0.15, 0.2) is 0 Å². The zero-order valence-corrected chi connectivity index (χ0v) is 18.2. The highest BCUT2D eigenvalue weighted by molar-refractivity contribution is 7.17. The average molecular weight is 411 g/mol.